The highest BCUT2D eigenvalue weighted by Crippen LogP contribution is 2.23. The van der Waals surface area contributed by atoms with Crippen molar-refractivity contribution in [2.45, 2.75) is 20.3 Å². The lowest BCUT2D eigenvalue weighted by atomic mass is 10.1. The Hall–Kier alpha value is -3.67. The van der Waals surface area contributed by atoms with Gasteiger partial charge in [0.1, 0.15) is 0 Å². The summed E-state index contributed by atoms with van der Waals surface area (Å²) in [4.78, 5) is 15.6. The zero-order valence-corrected chi connectivity index (χ0v) is 15.8. The van der Waals surface area contributed by atoms with Crippen molar-refractivity contribution in [1.29, 1.82) is 0 Å². The lowest BCUT2D eigenvalue weighted by Crippen LogP contribution is -2.15. The summed E-state index contributed by atoms with van der Waals surface area (Å²) < 4.78 is 0. The average Bonchev–Trinajstić information content (AvgIpc) is 3.09. The predicted octanol–water partition coefficient (Wildman–Crippen LogP) is 4.50. The molecule has 1 amide bonds. The molecule has 2 aromatic heterocycles. The van der Waals surface area contributed by atoms with Gasteiger partial charge >= 0.3 is 0 Å². The fourth-order valence-electron chi connectivity index (χ4n) is 3.24. The molecule has 0 aliphatic rings. The number of fused-ring (bicyclic) bond motifs is 1. The number of H-pyrrole nitrogens is 1. The van der Waals surface area contributed by atoms with Crippen molar-refractivity contribution < 1.29 is 4.79 Å². The standard InChI is InChI=1S/C22H21N5O/c1-14-6-5-7-15(2)22(14)25-20-11-10-19(26-27-20)24-21(28)12-16-13-23-18-9-4-3-8-17(16)18/h3-11,13,23H,12H2,1-2H3,(H,25,27)(H,24,26,28). The van der Waals surface area contributed by atoms with Crippen molar-refractivity contribution in [2.75, 3.05) is 10.6 Å². The minimum atomic E-state index is -0.130. The zero-order valence-electron chi connectivity index (χ0n) is 15.8. The zero-order chi connectivity index (χ0) is 19.5. The molecule has 0 bridgehead atoms. The minimum Gasteiger partial charge on any atom is -0.361 e. The molecule has 0 atom stereocenters. The fraction of sp³-hybridized carbons (Fsp3) is 0.136. The van der Waals surface area contributed by atoms with E-state index in [1.165, 1.54) is 0 Å². The van der Waals surface area contributed by atoms with Crippen LogP contribution >= 0.6 is 0 Å². The molecule has 0 saturated carbocycles. The molecule has 4 rings (SSSR count). The molecule has 6 nitrogen and oxygen atoms in total. The van der Waals surface area contributed by atoms with E-state index in [2.05, 4.69) is 25.8 Å². The quantitative estimate of drug-likeness (QED) is 0.482. The molecule has 2 heterocycles. The highest BCUT2D eigenvalue weighted by Gasteiger charge is 2.10. The maximum absolute atomic E-state index is 12.4. The van der Waals surface area contributed by atoms with E-state index in [4.69, 9.17) is 0 Å². The van der Waals surface area contributed by atoms with Gasteiger partial charge in [-0.3, -0.25) is 4.79 Å². The summed E-state index contributed by atoms with van der Waals surface area (Å²) in [5, 5.41) is 15.4. The first-order valence-corrected chi connectivity index (χ1v) is 9.12. The molecule has 0 aliphatic heterocycles. The third-order valence-electron chi connectivity index (χ3n) is 4.69. The molecule has 0 radical (unpaired) electrons. The summed E-state index contributed by atoms with van der Waals surface area (Å²) in [6, 6.07) is 17.6. The van der Waals surface area contributed by atoms with Crippen LogP contribution < -0.4 is 10.6 Å². The van der Waals surface area contributed by atoms with Gasteiger partial charge in [0.05, 0.1) is 6.42 Å². The number of anilines is 3. The normalized spacial score (nSPS) is 10.8. The van der Waals surface area contributed by atoms with E-state index in [9.17, 15) is 4.79 Å². The number of para-hydroxylation sites is 2. The van der Waals surface area contributed by atoms with Gasteiger partial charge in [0.25, 0.3) is 0 Å². The van der Waals surface area contributed by atoms with Gasteiger partial charge in [-0.05, 0) is 48.7 Å². The van der Waals surface area contributed by atoms with Crippen molar-refractivity contribution >= 4 is 34.1 Å². The summed E-state index contributed by atoms with van der Waals surface area (Å²) in [6.45, 7) is 4.09. The minimum absolute atomic E-state index is 0.130. The van der Waals surface area contributed by atoms with E-state index in [1.807, 2.05) is 62.5 Å². The second-order valence-corrected chi connectivity index (χ2v) is 6.78. The van der Waals surface area contributed by atoms with Crippen LogP contribution in [0.2, 0.25) is 0 Å². The first kappa shape index (κ1) is 17.7. The molecule has 0 unspecified atom stereocenters. The Bertz CT molecular complexity index is 1110. The highest BCUT2D eigenvalue weighted by atomic mass is 16.1. The third-order valence-corrected chi connectivity index (χ3v) is 4.69. The molecule has 2 aromatic carbocycles. The van der Waals surface area contributed by atoms with Gasteiger partial charge in [0.15, 0.2) is 11.6 Å². The van der Waals surface area contributed by atoms with Crippen LogP contribution in [0.15, 0.2) is 60.8 Å². The molecule has 6 heteroatoms. The topological polar surface area (TPSA) is 82.7 Å². The van der Waals surface area contributed by atoms with Gasteiger partial charge < -0.3 is 15.6 Å². The van der Waals surface area contributed by atoms with E-state index in [-0.39, 0.29) is 12.3 Å². The molecular formula is C22H21N5O. The Morgan fingerprint density at radius 1 is 0.929 bits per heavy atom. The number of nitrogens with zero attached hydrogens (tertiary/aromatic N) is 2. The monoisotopic (exact) mass is 371 g/mol. The Kier molecular flexibility index (Phi) is 4.76. The summed E-state index contributed by atoms with van der Waals surface area (Å²) in [7, 11) is 0. The number of hydrogen-bond acceptors (Lipinski definition) is 4. The second kappa shape index (κ2) is 7.52. The van der Waals surface area contributed by atoms with E-state index in [1.54, 1.807) is 12.1 Å². The third kappa shape index (κ3) is 3.71. The molecule has 3 N–H and O–H groups in total. The van der Waals surface area contributed by atoms with Gasteiger partial charge in [0, 0.05) is 22.8 Å². The summed E-state index contributed by atoms with van der Waals surface area (Å²) in [5.41, 5.74) is 5.27. The first-order chi connectivity index (χ1) is 13.6. The maximum Gasteiger partial charge on any atom is 0.230 e. The van der Waals surface area contributed by atoms with E-state index in [0.29, 0.717) is 11.6 Å². The number of rotatable bonds is 5. The number of nitrogens with one attached hydrogen (secondary N) is 3. The number of amides is 1. The summed E-state index contributed by atoms with van der Waals surface area (Å²) in [6.07, 6.45) is 2.14. The van der Waals surface area contributed by atoms with Gasteiger partial charge in [0.2, 0.25) is 5.91 Å². The number of aromatic amines is 1. The lowest BCUT2D eigenvalue weighted by molar-refractivity contribution is -0.115. The highest BCUT2D eigenvalue weighted by molar-refractivity contribution is 5.95. The van der Waals surface area contributed by atoms with E-state index >= 15 is 0 Å². The van der Waals surface area contributed by atoms with Crippen molar-refractivity contribution in [2.24, 2.45) is 0 Å². The van der Waals surface area contributed by atoms with Gasteiger partial charge in [-0.2, -0.15) is 0 Å². The molecular weight excluding hydrogens is 350 g/mol. The molecule has 0 aliphatic carbocycles. The molecule has 28 heavy (non-hydrogen) atoms. The number of carbonyl (C=O) groups is 1. The molecule has 4 aromatic rings. The number of carbonyl (C=O) groups excluding carboxylic acids is 1. The van der Waals surface area contributed by atoms with Crippen LogP contribution in [0.5, 0.6) is 0 Å². The van der Waals surface area contributed by atoms with Crippen LogP contribution in [-0.4, -0.2) is 21.1 Å². The fourth-order valence-corrected chi connectivity index (χ4v) is 3.24. The SMILES string of the molecule is Cc1cccc(C)c1Nc1ccc(NC(=O)Cc2c[nH]c3ccccc23)nn1. The van der Waals surface area contributed by atoms with Crippen LogP contribution in [-0.2, 0) is 11.2 Å². The number of benzene rings is 2. The van der Waals surface area contributed by atoms with Crippen molar-refractivity contribution in [3.05, 3.63) is 77.5 Å². The number of aryl methyl sites for hydroxylation is 2. The summed E-state index contributed by atoms with van der Waals surface area (Å²) in [5.74, 6) is 0.929. The van der Waals surface area contributed by atoms with Gasteiger partial charge in [-0.1, -0.05) is 36.4 Å². The number of hydrogen-bond donors (Lipinski definition) is 3. The van der Waals surface area contributed by atoms with Crippen LogP contribution in [0, 0.1) is 13.8 Å². The van der Waals surface area contributed by atoms with Crippen molar-refractivity contribution in [1.82, 2.24) is 15.2 Å². The Morgan fingerprint density at radius 3 is 2.39 bits per heavy atom. The van der Waals surface area contributed by atoms with Crippen LogP contribution in [0.25, 0.3) is 10.9 Å². The Balaban J connectivity index is 1.42. The molecule has 140 valence electrons. The van der Waals surface area contributed by atoms with Crippen molar-refractivity contribution in [3.63, 3.8) is 0 Å². The predicted molar refractivity (Wildman–Crippen MR) is 112 cm³/mol. The van der Waals surface area contributed by atoms with Crippen molar-refractivity contribution in [3.8, 4) is 0 Å². The Morgan fingerprint density at radius 2 is 1.64 bits per heavy atom. The Labute approximate surface area is 163 Å². The van der Waals surface area contributed by atoms with Gasteiger partial charge in [-0.25, -0.2) is 0 Å². The smallest absolute Gasteiger partial charge is 0.230 e. The van der Waals surface area contributed by atoms with Crippen LogP contribution in [0.1, 0.15) is 16.7 Å². The maximum atomic E-state index is 12.4. The average molecular weight is 371 g/mol. The van der Waals surface area contributed by atoms with Gasteiger partial charge in [-0.15, -0.1) is 10.2 Å². The van der Waals surface area contributed by atoms with E-state index < -0.39 is 0 Å². The first-order valence-electron chi connectivity index (χ1n) is 9.12. The second-order valence-electron chi connectivity index (χ2n) is 6.78. The molecule has 0 spiro atoms. The lowest BCUT2D eigenvalue weighted by Gasteiger charge is -2.11. The van der Waals surface area contributed by atoms with Crippen LogP contribution in [0.4, 0.5) is 17.3 Å². The largest absolute Gasteiger partial charge is 0.361 e. The molecule has 0 saturated heterocycles. The summed E-state index contributed by atoms with van der Waals surface area (Å²) >= 11 is 0. The van der Waals surface area contributed by atoms with E-state index in [0.717, 1.165) is 33.3 Å². The van der Waals surface area contributed by atoms with Crippen LogP contribution in [0.3, 0.4) is 0 Å². The molecule has 0 fully saturated rings. The number of aromatic nitrogens is 3.